The van der Waals surface area contributed by atoms with E-state index in [9.17, 15) is 13.2 Å². The molecule has 0 N–H and O–H groups in total. The van der Waals surface area contributed by atoms with E-state index >= 15 is 0 Å². The van der Waals surface area contributed by atoms with Crippen molar-refractivity contribution in [2.45, 2.75) is 26.5 Å². The van der Waals surface area contributed by atoms with Gasteiger partial charge in [-0.15, -0.1) is 0 Å². The molecule has 0 saturated heterocycles. The highest BCUT2D eigenvalue weighted by Crippen LogP contribution is 2.24. The van der Waals surface area contributed by atoms with E-state index in [4.69, 9.17) is 4.74 Å². The van der Waals surface area contributed by atoms with Crippen LogP contribution in [0.5, 0.6) is 5.75 Å². The third kappa shape index (κ3) is 4.66. The molecule has 5 heteroatoms. The number of carbonyl (C=O) groups is 1. The highest BCUT2D eigenvalue weighted by Gasteiger charge is 2.12. The zero-order chi connectivity index (χ0) is 17.2. The second-order valence-electron chi connectivity index (χ2n) is 5.86. The van der Waals surface area contributed by atoms with Gasteiger partial charge in [0.2, 0.25) is 0 Å². The number of aryl methyl sites for hydroxylation is 2. The van der Waals surface area contributed by atoms with Crippen LogP contribution in [0, 0.1) is 20.8 Å². The van der Waals surface area contributed by atoms with Crippen LogP contribution in [0.2, 0.25) is 0 Å². The Hall–Kier alpha value is -2.14. The van der Waals surface area contributed by atoms with Crippen molar-refractivity contribution in [3.8, 4) is 5.75 Å². The molecule has 0 saturated carbocycles. The molecule has 23 heavy (non-hydrogen) atoms. The summed E-state index contributed by atoms with van der Waals surface area (Å²) < 4.78 is 28.0. The number of sulfone groups is 1. The normalized spacial score (nSPS) is 11.3. The zero-order valence-electron chi connectivity index (χ0n) is 13.7. The van der Waals surface area contributed by atoms with Gasteiger partial charge in [0.15, 0.2) is 9.84 Å². The molecule has 0 aliphatic heterocycles. The number of carbonyl (C=O) groups excluding carboxylic acids is 1. The van der Waals surface area contributed by atoms with Crippen molar-refractivity contribution < 1.29 is 17.9 Å². The first-order chi connectivity index (χ1) is 10.7. The summed E-state index contributed by atoms with van der Waals surface area (Å²) in [5.41, 5.74) is 4.06. The van der Waals surface area contributed by atoms with Crippen molar-refractivity contribution in [1.82, 2.24) is 0 Å². The second-order valence-corrected chi connectivity index (χ2v) is 8.00. The monoisotopic (exact) mass is 332 g/mol. The van der Waals surface area contributed by atoms with Crippen molar-refractivity contribution in [2.75, 3.05) is 6.26 Å². The first-order valence-corrected chi connectivity index (χ1v) is 9.28. The van der Waals surface area contributed by atoms with Crippen LogP contribution in [0.3, 0.4) is 0 Å². The van der Waals surface area contributed by atoms with E-state index in [2.05, 4.69) is 0 Å². The number of hydrogen-bond donors (Lipinski definition) is 0. The van der Waals surface area contributed by atoms with Crippen molar-refractivity contribution in [1.29, 1.82) is 0 Å². The lowest BCUT2D eigenvalue weighted by Crippen LogP contribution is -2.10. The van der Waals surface area contributed by atoms with E-state index < -0.39 is 15.8 Å². The Morgan fingerprint density at radius 1 is 1.04 bits per heavy atom. The minimum Gasteiger partial charge on any atom is -0.423 e. The van der Waals surface area contributed by atoms with Gasteiger partial charge in [0.1, 0.15) is 5.75 Å². The maximum absolute atomic E-state index is 12.2. The molecule has 122 valence electrons. The predicted octanol–water partition coefficient (Wildman–Crippen LogP) is 3.38. The largest absolute Gasteiger partial charge is 0.423 e. The van der Waals surface area contributed by atoms with Gasteiger partial charge in [0.25, 0.3) is 0 Å². The zero-order valence-corrected chi connectivity index (χ0v) is 14.5. The van der Waals surface area contributed by atoms with Crippen LogP contribution in [0.4, 0.5) is 0 Å². The highest BCUT2D eigenvalue weighted by atomic mass is 32.2. The first-order valence-electron chi connectivity index (χ1n) is 7.22. The maximum Gasteiger partial charge on any atom is 0.343 e. The van der Waals surface area contributed by atoms with Crippen molar-refractivity contribution >= 4 is 15.8 Å². The van der Waals surface area contributed by atoms with Gasteiger partial charge in [-0.25, -0.2) is 13.2 Å². The molecule has 0 unspecified atom stereocenters. The SMILES string of the molecule is Cc1cc(C)c(C)c(OC(=O)c2ccc(CS(C)(=O)=O)cc2)c1. The summed E-state index contributed by atoms with van der Waals surface area (Å²) in [6.45, 7) is 5.83. The summed E-state index contributed by atoms with van der Waals surface area (Å²) in [6.07, 6.45) is 1.18. The van der Waals surface area contributed by atoms with Gasteiger partial charge in [0, 0.05) is 6.26 Å². The molecule has 0 fully saturated rings. The lowest BCUT2D eigenvalue weighted by molar-refractivity contribution is 0.0733. The van der Waals surface area contributed by atoms with E-state index in [1.54, 1.807) is 24.3 Å². The molecule has 2 aromatic rings. The molecule has 2 aromatic carbocycles. The summed E-state index contributed by atoms with van der Waals surface area (Å²) in [5, 5.41) is 0. The van der Waals surface area contributed by atoms with Gasteiger partial charge in [-0.1, -0.05) is 18.2 Å². The van der Waals surface area contributed by atoms with Gasteiger partial charge in [-0.2, -0.15) is 0 Å². The number of esters is 1. The topological polar surface area (TPSA) is 60.4 Å². The van der Waals surface area contributed by atoms with Crippen molar-refractivity contribution in [3.63, 3.8) is 0 Å². The quantitative estimate of drug-likeness (QED) is 0.636. The van der Waals surface area contributed by atoms with E-state index in [-0.39, 0.29) is 5.75 Å². The molecule has 0 bridgehead atoms. The Morgan fingerprint density at radius 3 is 2.22 bits per heavy atom. The van der Waals surface area contributed by atoms with Crippen LogP contribution < -0.4 is 4.74 Å². The third-order valence-corrected chi connectivity index (χ3v) is 4.44. The minimum absolute atomic E-state index is 0.0431. The van der Waals surface area contributed by atoms with Gasteiger partial charge in [-0.05, 0) is 61.2 Å². The summed E-state index contributed by atoms with van der Waals surface area (Å²) >= 11 is 0. The molecule has 0 heterocycles. The lowest BCUT2D eigenvalue weighted by Gasteiger charge is -2.11. The summed E-state index contributed by atoms with van der Waals surface area (Å²) in [7, 11) is -3.09. The third-order valence-electron chi connectivity index (χ3n) is 3.59. The lowest BCUT2D eigenvalue weighted by atomic mass is 10.1. The van der Waals surface area contributed by atoms with Crippen LogP contribution in [0.25, 0.3) is 0 Å². The van der Waals surface area contributed by atoms with Crippen LogP contribution in [0.15, 0.2) is 36.4 Å². The van der Waals surface area contributed by atoms with Gasteiger partial charge < -0.3 is 4.74 Å². The van der Waals surface area contributed by atoms with Gasteiger partial charge >= 0.3 is 5.97 Å². The molecule has 0 aliphatic rings. The molecule has 0 radical (unpaired) electrons. The molecule has 0 amide bonds. The standard InChI is InChI=1S/C18H20O4S/c1-12-9-13(2)14(3)17(10-12)22-18(19)16-7-5-15(6-8-16)11-23(4,20)21/h5-10H,11H2,1-4H3. The Morgan fingerprint density at radius 2 is 1.65 bits per heavy atom. The predicted molar refractivity (Wildman–Crippen MR) is 90.6 cm³/mol. The second kappa shape index (κ2) is 6.54. The summed E-state index contributed by atoms with van der Waals surface area (Å²) in [4.78, 5) is 12.2. The Labute approximate surface area is 137 Å². The molecular weight excluding hydrogens is 312 g/mol. The molecule has 2 rings (SSSR count). The fourth-order valence-corrected chi connectivity index (χ4v) is 3.10. The van der Waals surface area contributed by atoms with E-state index in [1.807, 2.05) is 32.9 Å². The van der Waals surface area contributed by atoms with E-state index in [0.29, 0.717) is 16.9 Å². The average Bonchev–Trinajstić information content (AvgIpc) is 2.43. The minimum atomic E-state index is -3.09. The number of hydrogen-bond acceptors (Lipinski definition) is 4. The molecule has 0 aliphatic carbocycles. The smallest absolute Gasteiger partial charge is 0.343 e. The molecule has 0 atom stereocenters. The summed E-state index contributed by atoms with van der Waals surface area (Å²) in [6, 6.07) is 10.3. The number of rotatable bonds is 4. The number of benzene rings is 2. The van der Waals surface area contributed by atoms with Gasteiger partial charge in [0.05, 0.1) is 11.3 Å². The number of ether oxygens (including phenoxy) is 1. The van der Waals surface area contributed by atoms with Gasteiger partial charge in [-0.3, -0.25) is 0 Å². The van der Waals surface area contributed by atoms with Crippen molar-refractivity contribution in [3.05, 3.63) is 64.2 Å². The fourth-order valence-electron chi connectivity index (χ4n) is 2.31. The molecule has 4 nitrogen and oxygen atoms in total. The van der Waals surface area contributed by atoms with E-state index in [0.717, 1.165) is 16.7 Å². The first kappa shape index (κ1) is 17.2. The Kier molecular flexibility index (Phi) is 4.90. The fraction of sp³-hybridized carbons (Fsp3) is 0.278. The molecule has 0 spiro atoms. The maximum atomic E-state index is 12.2. The molecule has 0 aromatic heterocycles. The Balaban J connectivity index is 2.19. The summed E-state index contributed by atoms with van der Waals surface area (Å²) in [5.74, 6) is 0.0510. The van der Waals surface area contributed by atoms with Crippen LogP contribution in [-0.4, -0.2) is 20.6 Å². The Bertz CT molecular complexity index is 834. The van der Waals surface area contributed by atoms with Crippen LogP contribution in [0.1, 0.15) is 32.6 Å². The highest BCUT2D eigenvalue weighted by molar-refractivity contribution is 7.89. The average molecular weight is 332 g/mol. The van der Waals surface area contributed by atoms with Crippen LogP contribution in [-0.2, 0) is 15.6 Å². The van der Waals surface area contributed by atoms with E-state index in [1.165, 1.54) is 6.26 Å². The van der Waals surface area contributed by atoms with Crippen molar-refractivity contribution in [2.24, 2.45) is 0 Å². The molecular formula is C18H20O4S. The van der Waals surface area contributed by atoms with Crippen LogP contribution >= 0.6 is 0 Å².